The fourth-order valence-corrected chi connectivity index (χ4v) is 5.98. The SMILES string of the molecule is CCc1cccc(C2(Cc3nc(=O)c(O)c4n3CC3CCCCN3C4=O)CCCC2)c1. The van der Waals surface area contributed by atoms with Crippen molar-refractivity contribution >= 4 is 5.91 Å². The standard InChI is InChI=1S/C25H31N3O3/c1-2-17-8-7-9-18(14-17)25(11-4-5-12-25)15-20-26-23(30)22(29)21-24(31)27-13-6-3-10-19(27)16-28(20)21/h7-9,14,19,29H,2-6,10-13,15-16H2,1H3. The van der Waals surface area contributed by atoms with Crippen LogP contribution in [0.15, 0.2) is 29.1 Å². The van der Waals surface area contributed by atoms with E-state index in [0.29, 0.717) is 25.3 Å². The molecule has 0 bridgehead atoms. The number of rotatable bonds is 4. The predicted octanol–water partition coefficient (Wildman–Crippen LogP) is 3.57. The summed E-state index contributed by atoms with van der Waals surface area (Å²) in [6.45, 7) is 3.48. The van der Waals surface area contributed by atoms with Gasteiger partial charge in [0, 0.05) is 24.9 Å². The van der Waals surface area contributed by atoms with Crippen LogP contribution < -0.4 is 5.56 Å². The fourth-order valence-electron chi connectivity index (χ4n) is 5.98. The van der Waals surface area contributed by atoms with Crippen molar-refractivity contribution in [2.75, 3.05) is 6.54 Å². The number of hydrogen-bond acceptors (Lipinski definition) is 4. The first kappa shape index (κ1) is 20.3. The molecule has 2 aliphatic heterocycles. The molecular formula is C25H31N3O3. The maximum atomic E-state index is 13.2. The molecule has 0 spiro atoms. The van der Waals surface area contributed by atoms with Crippen LogP contribution in [0.2, 0.25) is 0 Å². The molecule has 3 heterocycles. The Kier molecular flexibility index (Phi) is 5.11. The summed E-state index contributed by atoms with van der Waals surface area (Å²) in [5.74, 6) is -0.0611. The van der Waals surface area contributed by atoms with Crippen molar-refractivity contribution in [3.05, 3.63) is 57.3 Å². The quantitative estimate of drug-likeness (QED) is 0.819. The minimum atomic E-state index is -0.680. The van der Waals surface area contributed by atoms with Crippen LogP contribution in [-0.2, 0) is 24.8 Å². The van der Waals surface area contributed by atoms with Gasteiger partial charge in [0.25, 0.3) is 5.91 Å². The van der Waals surface area contributed by atoms with Crippen LogP contribution in [0.1, 0.15) is 79.3 Å². The first-order chi connectivity index (χ1) is 15.0. The van der Waals surface area contributed by atoms with E-state index in [1.807, 2.05) is 9.47 Å². The second kappa shape index (κ2) is 7.81. The summed E-state index contributed by atoms with van der Waals surface area (Å²) in [5, 5.41) is 10.5. The number of carbonyl (C=O) groups is 1. The van der Waals surface area contributed by atoms with Crippen molar-refractivity contribution in [1.82, 2.24) is 14.5 Å². The fraction of sp³-hybridized carbons (Fsp3) is 0.560. The van der Waals surface area contributed by atoms with Crippen molar-refractivity contribution < 1.29 is 9.90 Å². The zero-order chi connectivity index (χ0) is 21.6. The lowest BCUT2D eigenvalue weighted by Crippen LogP contribution is -2.52. The van der Waals surface area contributed by atoms with Gasteiger partial charge in [0.05, 0.1) is 6.04 Å². The highest BCUT2D eigenvalue weighted by Crippen LogP contribution is 2.44. The summed E-state index contributed by atoms with van der Waals surface area (Å²) in [7, 11) is 0. The molecule has 0 radical (unpaired) electrons. The van der Waals surface area contributed by atoms with Gasteiger partial charge in [-0.15, -0.1) is 0 Å². The van der Waals surface area contributed by atoms with Crippen LogP contribution in [0.5, 0.6) is 5.75 Å². The molecule has 5 rings (SSSR count). The Morgan fingerprint density at radius 1 is 1.16 bits per heavy atom. The lowest BCUT2D eigenvalue weighted by atomic mass is 9.75. The van der Waals surface area contributed by atoms with Gasteiger partial charge in [0.2, 0.25) is 5.75 Å². The van der Waals surface area contributed by atoms with Gasteiger partial charge in [-0.1, -0.05) is 44.0 Å². The molecule has 6 heteroatoms. The molecule has 1 aromatic heterocycles. The van der Waals surface area contributed by atoms with E-state index in [9.17, 15) is 14.7 Å². The van der Waals surface area contributed by atoms with Crippen LogP contribution >= 0.6 is 0 Å². The molecule has 1 aliphatic carbocycles. The van der Waals surface area contributed by atoms with Gasteiger partial charge in [-0.2, -0.15) is 4.98 Å². The maximum absolute atomic E-state index is 13.2. The summed E-state index contributed by atoms with van der Waals surface area (Å²) in [6, 6.07) is 8.92. The van der Waals surface area contributed by atoms with Gasteiger partial charge in [-0.3, -0.25) is 9.59 Å². The predicted molar refractivity (Wildman–Crippen MR) is 119 cm³/mol. The Morgan fingerprint density at radius 3 is 2.74 bits per heavy atom. The summed E-state index contributed by atoms with van der Waals surface area (Å²) < 4.78 is 1.87. The van der Waals surface area contributed by atoms with Gasteiger partial charge in [-0.25, -0.2) is 0 Å². The van der Waals surface area contributed by atoms with E-state index in [2.05, 4.69) is 36.2 Å². The van der Waals surface area contributed by atoms with Crippen molar-refractivity contribution in [1.29, 1.82) is 0 Å². The number of aromatic hydroxyl groups is 1. The third-order valence-corrected chi connectivity index (χ3v) is 7.73. The summed E-state index contributed by atoms with van der Waals surface area (Å²) in [5.41, 5.74) is 2.01. The van der Waals surface area contributed by atoms with Crippen molar-refractivity contribution in [3.63, 3.8) is 0 Å². The van der Waals surface area contributed by atoms with Gasteiger partial charge in [0.15, 0.2) is 5.69 Å². The number of carbonyl (C=O) groups excluding carboxylic acids is 1. The number of amides is 1. The third kappa shape index (κ3) is 3.36. The van der Waals surface area contributed by atoms with E-state index < -0.39 is 11.3 Å². The van der Waals surface area contributed by atoms with Crippen LogP contribution in [0.25, 0.3) is 0 Å². The minimum Gasteiger partial charge on any atom is -0.501 e. The lowest BCUT2D eigenvalue weighted by molar-refractivity contribution is 0.0498. The van der Waals surface area contributed by atoms with E-state index in [1.54, 1.807) is 0 Å². The molecule has 1 unspecified atom stereocenters. The highest BCUT2D eigenvalue weighted by molar-refractivity contribution is 5.96. The zero-order valence-corrected chi connectivity index (χ0v) is 18.3. The average Bonchev–Trinajstić information content (AvgIpc) is 3.27. The molecular weight excluding hydrogens is 390 g/mol. The topological polar surface area (TPSA) is 75.4 Å². The smallest absolute Gasteiger partial charge is 0.315 e. The molecule has 3 aliphatic rings. The average molecular weight is 422 g/mol. The minimum absolute atomic E-state index is 0.0743. The Hall–Kier alpha value is -2.63. The van der Waals surface area contributed by atoms with Crippen LogP contribution in [0.3, 0.4) is 0 Å². The number of piperidine rings is 1. The van der Waals surface area contributed by atoms with Crippen molar-refractivity contribution in [3.8, 4) is 5.75 Å². The number of aryl methyl sites for hydroxylation is 1. The summed E-state index contributed by atoms with van der Waals surface area (Å²) in [6.07, 6.45) is 9.06. The number of aromatic nitrogens is 2. The third-order valence-electron chi connectivity index (χ3n) is 7.73. The molecule has 1 saturated carbocycles. The van der Waals surface area contributed by atoms with E-state index in [-0.39, 0.29) is 23.1 Å². The monoisotopic (exact) mass is 421 g/mol. The molecule has 1 atom stereocenters. The van der Waals surface area contributed by atoms with Crippen molar-refractivity contribution in [2.45, 2.75) is 82.7 Å². The first-order valence-corrected chi connectivity index (χ1v) is 11.8. The van der Waals surface area contributed by atoms with Crippen LogP contribution in [0, 0.1) is 0 Å². The Bertz CT molecular complexity index is 1070. The van der Waals surface area contributed by atoms with Gasteiger partial charge >= 0.3 is 5.56 Å². The van der Waals surface area contributed by atoms with Gasteiger partial charge in [-0.05, 0) is 49.7 Å². The molecule has 6 nitrogen and oxygen atoms in total. The Balaban J connectivity index is 1.60. The largest absolute Gasteiger partial charge is 0.501 e. The number of benzene rings is 1. The number of fused-ring (bicyclic) bond motifs is 2. The first-order valence-electron chi connectivity index (χ1n) is 11.8. The second-order valence-electron chi connectivity index (χ2n) is 9.51. The molecule has 2 aromatic rings. The number of hydrogen-bond donors (Lipinski definition) is 1. The van der Waals surface area contributed by atoms with E-state index in [0.717, 1.165) is 51.4 Å². The molecule has 1 saturated heterocycles. The van der Waals surface area contributed by atoms with Gasteiger partial charge < -0.3 is 14.6 Å². The zero-order valence-electron chi connectivity index (χ0n) is 18.3. The maximum Gasteiger partial charge on any atom is 0.315 e. The van der Waals surface area contributed by atoms with Crippen molar-refractivity contribution in [2.24, 2.45) is 0 Å². The molecule has 1 aromatic carbocycles. The van der Waals surface area contributed by atoms with Gasteiger partial charge in [0.1, 0.15) is 5.82 Å². The summed E-state index contributed by atoms with van der Waals surface area (Å²) >= 11 is 0. The van der Waals surface area contributed by atoms with Crippen LogP contribution in [-0.4, -0.2) is 38.1 Å². The Morgan fingerprint density at radius 2 is 1.97 bits per heavy atom. The molecule has 1 amide bonds. The molecule has 164 valence electrons. The van der Waals surface area contributed by atoms with E-state index >= 15 is 0 Å². The molecule has 1 N–H and O–H groups in total. The Labute approximate surface area is 182 Å². The highest BCUT2D eigenvalue weighted by atomic mass is 16.3. The van der Waals surface area contributed by atoms with Crippen LogP contribution in [0.4, 0.5) is 0 Å². The van der Waals surface area contributed by atoms with E-state index in [1.165, 1.54) is 11.1 Å². The second-order valence-corrected chi connectivity index (χ2v) is 9.51. The summed E-state index contributed by atoms with van der Waals surface area (Å²) in [4.78, 5) is 32.0. The normalized spacial score (nSPS) is 22.3. The number of nitrogens with zero attached hydrogens (tertiary/aromatic N) is 3. The molecule has 31 heavy (non-hydrogen) atoms. The lowest BCUT2D eigenvalue weighted by Gasteiger charge is -2.42. The van der Waals surface area contributed by atoms with E-state index in [4.69, 9.17) is 0 Å². The highest BCUT2D eigenvalue weighted by Gasteiger charge is 2.41. The molecule has 2 fully saturated rings.